The number of hydrogen-bond acceptors (Lipinski definition) is 6. The first kappa shape index (κ1) is 20.9. The van der Waals surface area contributed by atoms with E-state index in [4.69, 9.17) is 4.74 Å². The largest absolute Gasteiger partial charge is 0.482 e. The van der Waals surface area contributed by atoms with Crippen molar-refractivity contribution in [2.75, 3.05) is 19.0 Å². The van der Waals surface area contributed by atoms with Crippen molar-refractivity contribution >= 4 is 21.7 Å². The second kappa shape index (κ2) is 8.79. The molecule has 0 saturated carbocycles. The molecule has 3 aromatic carbocycles. The van der Waals surface area contributed by atoms with Gasteiger partial charge in [0, 0.05) is 6.54 Å². The summed E-state index contributed by atoms with van der Waals surface area (Å²) in [6.07, 6.45) is -0.602. The number of para-hydroxylation sites is 1. The van der Waals surface area contributed by atoms with Crippen molar-refractivity contribution in [3.05, 3.63) is 90.0 Å². The van der Waals surface area contributed by atoms with Crippen molar-refractivity contribution in [1.82, 2.24) is 4.31 Å². The second-order valence-corrected chi connectivity index (χ2v) is 8.87. The predicted octanol–water partition coefficient (Wildman–Crippen LogP) is 3.55. The lowest BCUT2D eigenvalue weighted by molar-refractivity contribution is -0.142. The molecule has 0 spiro atoms. The van der Waals surface area contributed by atoms with Crippen molar-refractivity contribution in [2.24, 2.45) is 0 Å². The molecule has 8 heteroatoms. The number of nitrogens with zero attached hydrogens (tertiary/aromatic N) is 1. The van der Waals surface area contributed by atoms with Crippen molar-refractivity contribution < 1.29 is 22.7 Å². The Morgan fingerprint density at radius 2 is 1.65 bits per heavy atom. The molecule has 7 nitrogen and oxygen atoms in total. The van der Waals surface area contributed by atoms with E-state index in [-0.39, 0.29) is 18.0 Å². The second-order valence-electron chi connectivity index (χ2n) is 7.01. The predicted molar refractivity (Wildman–Crippen MR) is 116 cm³/mol. The Bertz CT molecular complexity index is 1160. The van der Waals surface area contributed by atoms with Gasteiger partial charge in [-0.2, -0.15) is 4.31 Å². The fourth-order valence-corrected chi connectivity index (χ4v) is 5.11. The summed E-state index contributed by atoms with van der Waals surface area (Å²) in [5.74, 6) is 0.0117. The van der Waals surface area contributed by atoms with E-state index in [0.29, 0.717) is 11.4 Å². The summed E-state index contributed by atoms with van der Waals surface area (Å²) in [5.41, 5.74) is 2.19. The summed E-state index contributed by atoms with van der Waals surface area (Å²) >= 11 is 0. The van der Waals surface area contributed by atoms with E-state index in [1.54, 1.807) is 48.5 Å². The lowest BCUT2D eigenvalue weighted by atomic mass is 10.1. The molecule has 1 N–H and O–H groups in total. The van der Waals surface area contributed by atoms with Crippen molar-refractivity contribution in [3.63, 3.8) is 0 Å². The Balaban J connectivity index is 1.67. The molecule has 1 aliphatic rings. The molecule has 0 aliphatic carbocycles. The lowest BCUT2D eigenvalue weighted by Crippen LogP contribution is -2.42. The Labute approximate surface area is 181 Å². The molecule has 160 valence electrons. The summed E-state index contributed by atoms with van der Waals surface area (Å²) < 4.78 is 38.4. The van der Waals surface area contributed by atoms with Gasteiger partial charge >= 0.3 is 5.97 Å². The van der Waals surface area contributed by atoms with Crippen LogP contribution >= 0.6 is 0 Å². The maximum atomic E-state index is 13.5. The van der Waals surface area contributed by atoms with Crippen molar-refractivity contribution in [3.8, 4) is 5.75 Å². The summed E-state index contributed by atoms with van der Waals surface area (Å²) in [4.78, 5) is 11.5. The molecule has 4 rings (SSSR count). The Hall–Kier alpha value is -3.36. The third-order valence-corrected chi connectivity index (χ3v) is 6.88. The topological polar surface area (TPSA) is 84.9 Å². The van der Waals surface area contributed by atoms with Crippen molar-refractivity contribution in [1.29, 1.82) is 0 Å². The van der Waals surface area contributed by atoms with Gasteiger partial charge in [0.2, 0.25) is 10.0 Å². The maximum Gasteiger partial charge on any atom is 0.343 e. The number of nitrogens with one attached hydrogen (secondary N) is 1. The Morgan fingerprint density at radius 1 is 0.968 bits per heavy atom. The zero-order valence-corrected chi connectivity index (χ0v) is 17.7. The highest BCUT2D eigenvalue weighted by atomic mass is 32.2. The zero-order valence-electron chi connectivity index (χ0n) is 16.9. The van der Waals surface area contributed by atoms with Crippen LogP contribution in [-0.4, -0.2) is 32.4 Å². The highest BCUT2D eigenvalue weighted by molar-refractivity contribution is 7.89. The van der Waals surface area contributed by atoms with Crippen LogP contribution in [0.4, 0.5) is 5.69 Å². The number of hydrogen-bond donors (Lipinski definition) is 1. The van der Waals surface area contributed by atoms with Crippen LogP contribution in [0.1, 0.15) is 17.3 Å². The number of fused-ring (bicyclic) bond motifs is 1. The number of sulfonamides is 1. The van der Waals surface area contributed by atoms with Gasteiger partial charge in [-0.1, -0.05) is 54.6 Å². The molecule has 0 fully saturated rings. The van der Waals surface area contributed by atoms with Gasteiger partial charge in [0.1, 0.15) is 16.8 Å². The molecule has 1 atom stereocenters. The Kier molecular flexibility index (Phi) is 5.92. The van der Waals surface area contributed by atoms with Gasteiger partial charge in [0.05, 0.1) is 12.8 Å². The van der Waals surface area contributed by atoms with E-state index in [2.05, 4.69) is 10.1 Å². The fourth-order valence-electron chi connectivity index (χ4n) is 3.43. The number of methoxy groups -OCH3 is 1. The lowest BCUT2D eigenvalue weighted by Gasteiger charge is -2.37. The highest BCUT2D eigenvalue weighted by Gasteiger charge is 2.38. The van der Waals surface area contributed by atoms with Crippen LogP contribution in [0.3, 0.4) is 0 Å². The van der Waals surface area contributed by atoms with Crippen LogP contribution < -0.4 is 10.1 Å². The molecule has 31 heavy (non-hydrogen) atoms. The van der Waals surface area contributed by atoms with E-state index in [0.717, 1.165) is 11.1 Å². The number of benzene rings is 3. The fraction of sp³-hybridized carbons (Fsp3) is 0.174. The van der Waals surface area contributed by atoms with Crippen LogP contribution in [0.25, 0.3) is 0 Å². The third-order valence-electron chi connectivity index (χ3n) is 5.02. The van der Waals surface area contributed by atoms with Gasteiger partial charge in [0.15, 0.2) is 6.61 Å². The van der Waals surface area contributed by atoms with Gasteiger partial charge < -0.3 is 14.8 Å². The van der Waals surface area contributed by atoms with E-state index < -0.39 is 22.2 Å². The van der Waals surface area contributed by atoms with Crippen LogP contribution in [-0.2, 0) is 26.1 Å². The first-order valence-electron chi connectivity index (χ1n) is 9.70. The minimum absolute atomic E-state index is 0.195. The normalized spacial score (nSPS) is 17.3. The standard InChI is InChI=1S/C23H22N2O5S/c1-29-22(26)16-30-19-13-11-18(12-14-19)23-24-20-9-5-6-10-21(20)31(27,28)25(23)15-17-7-3-2-4-8-17/h2-14,23-24H,15-16H2,1H3/t23-/m0/s1. The van der Waals surface area contributed by atoms with E-state index in [1.807, 2.05) is 30.3 Å². The van der Waals surface area contributed by atoms with Crippen LogP contribution in [0.15, 0.2) is 83.8 Å². The summed E-state index contributed by atoms with van der Waals surface area (Å²) in [6, 6.07) is 23.3. The van der Waals surface area contributed by atoms with Gasteiger partial charge in [-0.25, -0.2) is 13.2 Å². The number of ether oxygens (including phenoxy) is 2. The molecule has 0 aromatic heterocycles. The summed E-state index contributed by atoms with van der Waals surface area (Å²) in [5, 5.41) is 3.35. The molecular weight excluding hydrogens is 416 g/mol. The molecule has 0 amide bonds. The number of anilines is 1. The monoisotopic (exact) mass is 438 g/mol. The van der Waals surface area contributed by atoms with Crippen LogP contribution in [0, 0.1) is 0 Å². The van der Waals surface area contributed by atoms with E-state index >= 15 is 0 Å². The first-order valence-corrected chi connectivity index (χ1v) is 11.1. The maximum absolute atomic E-state index is 13.5. The Morgan fingerprint density at radius 3 is 2.35 bits per heavy atom. The quantitative estimate of drug-likeness (QED) is 0.593. The average molecular weight is 439 g/mol. The highest BCUT2D eigenvalue weighted by Crippen LogP contribution is 2.39. The van der Waals surface area contributed by atoms with Gasteiger partial charge in [-0.15, -0.1) is 0 Å². The summed E-state index contributed by atoms with van der Waals surface area (Å²) in [7, 11) is -2.44. The number of carbonyl (C=O) groups is 1. The average Bonchev–Trinajstić information content (AvgIpc) is 2.80. The van der Waals surface area contributed by atoms with Gasteiger partial charge in [-0.05, 0) is 35.4 Å². The van der Waals surface area contributed by atoms with Gasteiger partial charge in [-0.3, -0.25) is 0 Å². The smallest absolute Gasteiger partial charge is 0.343 e. The zero-order chi connectivity index (χ0) is 21.8. The number of esters is 1. The molecule has 0 bridgehead atoms. The molecule has 0 unspecified atom stereocenters. The molecule has 3 aromatic rings. The minimum atomic E-state index is -3.73. The van der Waals surface area contributed by atoms with Crippen LogP contribution in [0.2, 0.25) is 0 Å². The van der Waals surface area contributed by atoms with E-state index in [9.17, 15) is 13.2 Å². The molecule has 1 aliphatic heterocycles. The molecule has 1 heterocycles. The molecular formula is C23H22N2O5S. The third kappa shape index (κ3) is 4.40. The van der Waals surface area contributed by atoms with Gasteiger partial charge in [0.25, 0.3) is 0 Å². The minimum Gasteiger partial charge on any atom is -0.482 e. The first-order chi connectivity index (χ1) is 15.0. The number of carbonyl (C=O) groups excluding carboxylic acids is 1. The van der Waals surface area contributed by atoms with Crippen molar-refractivity contribution in [2.45, 2.75) is 17.6 Å². The number of rotatable bonds is 6. The SMILES string of the molecule is COC(=O)COc1ccc([C@H]2Nc3ccccc3S(=O)(=O)N2Cc2ccccc2)cc1. The molecule has 0 saturated heterocycles. The summed E-state index contributed by atoms with van der Waals surface area (Å²) in [6.45, 7) is 0.0230. The molecule has 0 radical (unpaired) electrons. The van der Waals surface area contributed by atoms with Crippen LogP contribution in [0.5, 0.6) is 5.75 Å². The van der Waals surface area contributed by atoms with E-state index in [1.165, 1.54) is 11.4 Å².